The van der Waals surface area contributed by atoms with E-state index in [-0.39, 0.29) is 5.91 Å². The molecule has 2 aromatic carbocycles. The van der Waals surface area contributed by atoms with Gasteiger partial charge in [0.1, 0.15) is 11.5 Å². The van der Waals surface area contributed by atoms with Crippen molar-refractivity contribution < 1.29 is 14.1 Å². The minimum absolute atomic E-state index is 0.0680. The van der Waals surface area contributed by atoms with Crippen LogP contribution in [-0.2, 0) is 5.75 Å². The van der Waals surface area contributed by atoms with Gasteiger partial charge in [0.15, 0.2) is 0 Å². The van der Waals surface area contributed by atoms with Gasteiger partial charge >= 0.3 is 0 Å². The summed E-state index contributed by atoms with van der Waals surface area (Å²) in [6.07, 6.45) is 0.745. The van der Waals surface area contributed by atoms with Gasteiger partial charge in [-0.1, -0.05) is 35.5 Å². The number of hydrogen-bond donors (Lipinski definition) is 1. The lowest BCUT2D eigenvalue weighted by atomic mass is 10.2. The summed E-state index contributed by atoms with van der Waals surface area (Å²) >= 11 is 1.62. The summed E-state index contributed by atoms with van der Waals surface area (Å²) in [6.45, 7) is 4.97. The molecule has 5 nitrogen and oxygen atoms in total. The third-order valence-electron chi connectivity index (χ3n) is 4.30. The van der Waals surface area contributed by atoms with E-state index in [2.05, 4.69) is 10.5 Å². The fourth-order valence-electron chi connectivity index (χ4n) is 2.71. The Morgan fingerprint density at radius 3 is 2.61 bits per heavy atom. The van der Waals surface area contributed by atoms with Crippen LogP contribution in [0.5, 0.6) is 5.75 Å². The van der Waals surface area contributed by atoms with Crippen LogP contribution in [-0.4, -0.2) is 24.2 Å². The van der Waals surface area contributed by atoms with Crippen LogP contribution >= 0.6 is 11.8 Å². The second-order valence-corrected chi connectivity index (χ2v) is 7.38. The Hall–Kier alpha value is -2.73. The Balaban J connectivity index is 1.49. The monoisotopic (exact) mass is 396 g/mol. The normalized spacial score (nSPS) is 10.6. The highest BCUT2D eigenvalue weighted by Gasteiger charge is 2.14. The molecule has 0 aliphatic rings. The van der Waals surface area contributed by atoms with Crippen molar-refractivity contribution in [3.8, 4) is 5.75 Å². The average Bonchev–Trinajstić information content (AvgIpc) is 3.04. The highest BCUT2D eigenvalue weighted by Crippen LogP contribution is 2.28. The van der Waals surface area contributed by atoms with Gasteiger partial charge < -0.3 is 14.6 Å². The van der Waals surface area contributed by atoms with E-state index in [0.717, 1.165) is 39.8 Å². The standard InChI is InChI=1S/C22H24N2O3S/c1-16-20(17(2)27-24-16)15-28-21-12-7-6-11-19(21)22(25)23-13-8-14-26-18-9-4-3-5-10-18/h3-7,9-12H,8,13-15H2,1-2H3,(H,23,25). The number of amides is 1. The molecule has 0 atom stereocenters. The number of rotatable bonds is 9. The lowest BCUT2D eigenvalue weighted by molar-refractivity contribution is 0.0948. The molecule has 0 radical (unpaired) electrons. The molecule has 0 aliphatic heterocycles. The number of thioether (sulfide) groups is 1. The van der Waals surface area contributed by atoms with Gasteiger partial charge in [-0.05, 0) is 44.5 Å². The molecular formula is C22H24N2O3S. The fraction of sp³-hybridized carbons (Fsp3) is 0.273. The van der Waals surface area contributed by atoms with E-state index >= 15 is 0 Å². The Kier molecular flexibility index (Phi) is 7.14. The molecule has 0 aliphatic carbocycles. The Bertz CT molecular complexity index is 890. The Labute approximate surface area is 169 Å². The van der Waals surface area contributed by atoms with Gasteiger partial charge in [-0.3, -0.25) is 4.79 Å². The number of aromatic nitrogens is 1. The minimum atomic E-state index is -0.0680. The van der Waals surface area contributed by atoms with Gasteiger partial charge in [0, 0.05) is 22.8 Å². The number of para-hydroxylation sites is 1. The van der Waals surface area contributed by atoms with Crippen LogP contribution in [0, 0.1) is 13.8 Å². The zero-order valence-electron chi connectivity index (χ0n) is 16.1. The highest BCUT2D eigenvalue weighted by molar-refractivity contribution is 7.98. The molecule has 1 amide bonds. The Morgan fingerprint density at radius 2 is 1.86 bits per heavy atom. The first-order chi connectivity index (χ1) is 13.6. The van der Waals surface area contributed by atoms with Crippen molar-refractivity contribution >= 4 is 17.7 Å². The van der Waals surface area contributed by atoms with Gasteiger partial charge in [-0.15, -0.1) is 11.8 Å². The van der Waals surface area contributed by atoms with E-state index in [1.165, 1.54) is 0 Å². The van der Waals surface area contributed by atoms with Crippen molar-refractivity contribution in [2.24, 2.45) is 0 Å². The van der Waals surface area contributed by atoms with Gasteiger partial charge in [-0.25, -0.2) is 0 Å². The molecule has 0 saturated heterocycles. The average molecular weight is 397 g/mol. The first kappa shape index (κ1) is 20.0. The van der Waals surface area contributed by atoms with Crippen LogP contribution in [0.25, 0.3) is 0 Å². The molecule has 28 heavy (non-hydrogen) atoms. The zero-order valence-corrected chi connectivity index (χ0v) is 16.9. The maximum atomic E-state index is 12.6. The number of ether oxygens (including phenoxy) is 1. The summed E-state index contributed by atoms with van der Waals surface area (Å²) in [5.74, 6) is 2.32. The quantitative estimate of drug-likeness (QED) is 0.416. The largest absolute Gasteiger partial charge is 0.494 e. The molecule has 3 rings (SSSR count). The maximum Gasteiger partial charge on any atom is 0.252 e. The van der Waals surface area contributed by atoms with Crippen LogP contribution in [0.1, 0.15) is 33.8 Å². The molecule has 0 spiro atoms. The summed E-state index contributed by atoms with van der Waals surface area (Å²) in [7, 11) is 0. The molecule has 146 valence electrons. The van der Waals surface area contributed by atoms with Crippen molar-refractivity contribution in [1.29, 1.82) is 0 Å². The molecule has 1 N–H and O–H groups in total. The number of carbonyl (C=O) groups excluding carboxylic acids is 1. The van der Waals surface area contributed by atoms with Crippen molar-refractivity contribution in [3.05, 3.63) is 77.2 Å². The van der Waals surface area contributed by atoms with E-state index < -0.39 is 0 Å². The molecule has 1 heterocycles. The van der Waals surface area contributed by atoms with Crippen LogP contribution < -0.4 is 10.1 Å². The number of carbonyl (C=O) groups is 1. The molecule has 0 fully saturated rings. The lowest BCUT2D eigenvalue weighted by Crippen LogP contribution is -2.26. The SMILES string of the molecule is Cc1noc(C)c1CSc1ccccc1C(=O)NCCCOc1ccccc1. The van der Waals surface area contributed by atoms with E-state index in [9.17, 15) is 4.79 Å². The van der Waals surface area contributed by atoms with Crippen molar-refractivity contribution in [1.82, 2.24) is 10.5 Å². The predicted molar refractivity (Wildman–Crippen MR) is 111 cm³/mol. The summed E-state index contributed by atoms with van der Waals surface area (Å²) in [5.41, 5.74) is 2.66. The van der Waals surface area contributed by atoms with Gasteiger partial charge in [-0.2, -0.15) is 0 Å². The lowest BCUT2D eigenvalue weighted by Gasteiger charge is -2.10. The summed E-state index contributed by atoms with van der Waals surface area (Å²) in [4.78, 5) is 13.5. The summed E-state index contributed by atoms with van der Waals surface area (Å²) in [6, 6.07) is 17.3. The van der Waals surface area contributed by atoms with Crippen molar-refractivity contribution in [2.75, 3.05) is 13.2 Å². The number of aryl methyl sites for hydroxylation is 2. The van der Waals surface area contributed by atoms with Crippen LogP contribution in [0.15, 0.2) is 64.0 Å². The van der Waals surface area contributed by atoms with E-state index in [0.29, 0.717) is 18.7 Å². The first-order valence-electron chi connectivity index (χ1n) is 9.25. The van der Waals surface area contributed by atoms with Crippen molar-refractivity contribution in [2.45, 2.75) is 30.9 Å². The topological polar surface area (TPSA) is 64.4 Å². The maximum absolute atomic E-state index is 12.6. The third kappa shape index (κ3) is 5.39. The summed E-state index contributed by atoms with van der Waals surface area (Å²) < 4.78 is 10.9. The summed E-state index contributed by atoms with van der Waals surface area (Å²) in [5, 5.41) is 6.96. The third-order valence-corrected chi connectivity index (χ3v) is 5.40. The number of benzene rings is 2. The first-order valence-corrected chi connectivity index (χ1v) is 10.2. The number of hydrogen-bond acceptors (Lipinski definition) is 5. The van der Waals surface area contributed by atoms with E-state index in [1.54, 1.807) is 11.8 Å². The number of nitrogens with one attached hydrogen (secondary N) is 1. The second-order valence-electron chi connectivity index (χ2n) is 6.36. The smallest absolute Gasteiger partial charge is 0.252 e. The molecule has 3 aromatic rings. The molecule has 0 bridgehead atoms. The highest BCUT2D eigenvalue weighted by atomic mass is 32.2. The number of nitrogens with zero attached hydrogens (tertiary/aromatic N) is 1. The fourth-order valence-corrected chi connectivity index (χ4v) is 3.92. The minimum Gasteiger partial charge on any atom is -0.494 e. The predicted octanol–water partition coefficient (Wildman–Crippen LogP) is 4.78. The zero-order chi connectivity index (χ0) is 19.8. The van der Waals surface area contributed by atoms with Crippen LogP contribution in [0.4, 0.5) is 0 Å². The van der Waals surface area contributed by atoms with Gasteiger partial charge in [0.25, 0.3) is 5.91 Å². The second kappa shape index (κ2) is 9.99. The van der Waals surface area contributed by atoms with Crippen molar-refractivity contribution in [3.63, 3.8) is 0 Å². The molecule has 0 saturated carbocycles. The molecule has 1 aromatic heterocycles. The van der Waals surface area contributed by atoms with Crippen LogP contribution in [0.3, 0.4) is 0 Å². The van der Waals surface area contributed by atoms with Gasteiger partial charge in [0.05, 0.1) is 17.9 Å². The Morgan fingerprint density at radius 1 is 1.11 bits per heavy atom. The molecular weight excluding hydrogens is 372 g/mol. The van der Waals surface area contributed by atoms with Gasteiger partial charge in [0.2, 0.25) is 0 Å². The molecule has 6 heteroatoms. The molecule has 0 unspecified atom stereocenters. The van der Waals surface area contributed by atoms with E-state index in [4.69, 9.17) is 9.26 Å². The van der Waals surface area contributed by atoms with E-state index in [1.807, 2.05) is 68.4 Å². The van der Waals surface area contributed by atoms with Crippen LogP contribution in [0.2, 0.25) is 0 Å².